The van der Waals surface area contributed by atoms with Gasteiger partial charge in [0.2, 0.25) is 5.91 Å². The second-order valence-electron chi connectivity index (χ2n) is 5.84. The third kappa shape index (κ3) is 2.61. The molecule has 0 radical (unpaired) electrons. The second-order valence-corrected chi connectivity index (χ2v) is 5.84. The SMILES string of the molecule is Cc1cc2c(cc3c(=O)n(CC(=O)NCc4ccco4)nc(C)n32)o1. The summed E-state index contributed by atoms with van der Waals surface area (Å²) in [7, 11) is 0. The predicted molar refractivity (Wildman–Crippen MR) is 89.3 cm³/mol. The molecule has 8 heteroatoms. The molecule has 0 aliphatic rings. The number of carbonyl (C=O) groups excluding carboxylic acids is 1. The van der Waals surface area contributed by atoms with Gasteiger partial charge in [0.05, 0.1) is 18.3 Å². The van der Waals surface area contributed by atoms with E-state index in [1.54, 1.807) is 29.5 Å². The maximum Gasteiger partial charge on any atom is 0.291 e. The number of fused-ring (bicyclic) bond motifs is 3. The van der Waals surface area contributed by atoms with Gasteiger partial charge in [0.1, 0.15) is 29.4 Å². The molecule has 4 aromatic heterocycles. The van der Waals surface area contributed by atoms with Crippen molar-refractivity contribution in [1.29, 1.82) is 0 Å². The average Bonchev–Trinajstić information content (AvgIpc) is 3.25. The van der Waals surface area contributed by atoms with Crippen molar-refractivity contribution in [3.63, 3.8) is 0 Å². The third-order valence-corrected chi connectivity index (χ3v) is 3.99. The Labute approximate surface area is 141 Å². The Morgan fingerprint density at radius 2 is 2.12 bits per heavy atom. The van der Waals surface area contributed by atoms with Gasteiger partial charge in [-0.2, -0.15) is 5.10 Å². The first-order valence-electron chi connectivity index (χ1n) is 7.81. The summed E-state index contributed by atoms with van der Waals surface area (Å²) in [4.78, 5) is 24.7. The molecule has 4 heterocycles. The third-order valence-electron chi connectivity index (χ3n) is 3.99. The number of aromatic nitrogens is 3. The highest BCUT2D eigenvalue weighted by Crippen LogP contribution is 2.22. The lowest BCUT2D eigenvalue weighted by atomic mass is 10.4. The van der Waals surface area contributed by atoms with Crippen molar-refractivity contribution < 1.29 is 13.6 Å². The van der Waals surface area contributed by atoms with Crippen LogP contribution in [0.15, 0.2) is 44.2 Å². The minimum absolute atomic E-state index is 0.164. The molecule has 0 aromatic carbocycles. The Kier molecular flexibility index (Phi) is 3.45. The van der Waals surface area contributed by atoms with Crippen molar-refractivity contribution in [1.82, 2.24) is 19.5 Å². The van der Waals surface area contributed by atoms with E-state index in [2.05, 4.69) is 10.4 Å². The largest absolute Gasteiger partial charge is 0.467 e. The number of nitrogens with one attached hydrogen (secondary N) is 1. The quantitative estimate of drug-likeness (QED) is 0.611. The summed E-state index contributed by atoms with van der Waals surface area (Å²) in [5, 5.41) is 6.96. The molecule has 8 nitrogen and oxygen atoms in total. The molecule has 0 bridgehead atoms. The minimum Gasteiger partial charge on any atom is -0.467 e. The van der Waals surface area contributed by atoms with Crippen LogP contribution in [0.3, 0.4) is 0 Å². The molecule has 0 aliphatic heterocycles. The lowest BCUT2D eigenvalue weighted by molar-refractivity contribution is -0.122. The zero-order chi connectivity index (χ0) is 17.6. The molecule has 1 amide bonds. The van der Waals surface area contributed by atoms with Crippen molar-refractivity contribution in [3.05, 3.63) is 58.2 Å². The van der Waals surface area contributed by atoms with E-state index in [-0.39, 0.29) is 24.6 Å². The predicted octanol–water partition coefficient (Wildman–Crippen LogP) is 1.77. The summed E-state index contributed by atoms with van der Waals surface area (Å²) >= 11 is 0. The lowest BCUT2D eigenvalue weighted by Gasteiger charge is -2.08. The Bertz CT molecular complexity index is 1130. The van der Waals surface area contributed by atoms with Crippen LogP contribution in [-0.4, -0.2) is 20.1 Å². The van der Waals surface area contributed by atoms with Gasteiger partial charge < -0.3 is 14.2 Å². The normalized spacial score (nSPS) is 11.4. The van der Waals surface area contributed by atoms with Gasteiger partial charge in [0, 0.05) is 12.1 Å². The summed E-state index contributed by atoms with van der Waals surface area (Å²) in [5.41, 5.74) is 1.51. The van der Waals surface area contributed by atoms with Crippen molar-refractivity contribution >= 4 is 22.5 Å². The van der Waals surface area contributed by atoms with E-state index in [0.29, 0.717) is 22.7 Å². The summed E-state index contributed by atoms with van der Waals surface area (Å²) in [5.74, 6) is 1.69. The van der Waals surface area contributed by atoms with Crippen LogP contribution in [0.25, 0.3) is 16.6 Å². The first kappa shape index (κ1) is 15.3. The Balaban J connectivity index is 1.64. The highest BCUT2D eigenvalue weighted by molar-refractivity contribution is 5.83. The van der Waals surface area contributed by atoms with Gasteiger partial charge in [-0.15, -0.1) is 0 Å². The van der Waals surface area contributed by atoms with Crippen LogP contribution in [0.1, 0.15) is 17.3 Å². The summed E-state index contributed by atoms with van der Waals surface area (Å²) < 4.78 is 13.6. The van der Waals surface area contributed by atoms with Gasteiger partial charge in [-0.05, 0) is 26.0 Å². The molecule has 4 aromatic rings. The van der Waals surface area contributed by atoms with Gasteiger partial charge >= 0.3 is 0 Å². The first-order valence-corrected chi connectivity index (χ1v) is 7.81. The average molecular weight is 340 g/mol. The standard InChI is InChI=1S/C17H16N4O4/c1-10-6-13-15(25-10)7-14-17(23)20(19-11(2)21(13)14)9-16(22)18-8-12-4-3-5-24-12/h3-7H,8-9H2,1-2H3,(H,18,22). The first-order chi connectivity index (χ1) is 12.0. The molecule has 0 unspecified atom stereocenters. The van der Waals surface area contributed by atoms with E-state index < -0.39 is 0 Å². The number of rotatable bonds is 4. The van der Waals surface area contributed by atoms with E-state index in [1.807, 2.05) is 13.0 Å². The number of nitrogens with zero attached hydrogens (tertiary/aromatic N) is 3. The molecule has 128 valence electrons. The maximum absolute atomic E-state index is 12.6. The minimum atomic E-state index is -0.345. The van der Waals surface area contributed by atoms with Crippen molar-refractivity contribution in [3.8, 4) is 0 Å². The zero-order valence-electron chi connectivity index (χ0n) is 13.8. The highest BCUT2D eigenvalue weighted by Gasteiger charge is 2.16. The summed E-state index contributed by atoms with van der Waals surface area (Å²) in [6.07, 6.45) is 1.54. The van der Waals surface area contributed by atoms with Gasteiger partial charge in [-0.25, -0.2) is 4.68 Å². The zero-order valence-corrected chi connectivity index (χ0v) is 13.8. The van der Waals surface area contributed by atoms with Crippen molar-refractivity contribution in [2.24, 2.45) is 0 Å². The molecule has 0 atom stereocenters. The molecule has 0 saturated carbocycles. The molecule has 0 spiro atoms. The van der Waals surface area contributed by atoms with Gasteiger partial charge in [0.25, 0.3) is 5.56 Å². The number of furan rings is 2. The van der Waals surface area contributed by atoms with E-state index in [4.69, 9.17) is 8.83 Å². The molecule has 0 aliphatic carbocycles. The van der Waals surface area contributed by atoms with Crippen LogP contribution >= 0.6 is 0 Å². The monoisotopic (exact) mass is 340 g/mol. The number of aryl methyl sites for hydroxylation is 2. The van der Waals surface area contributed by atoms with Crippen molar-refractivity contribution in [2.75, 3.05) is 0 Å². The Hall–Kier alpha value is -3.29. The van der Waals surface area contributed by atoms with E-state index in [0.717, 1.165) is 16.0 Å². The number of carbonyl (C=O) groups is 1. The Morgan fingerprint density at radius 3 is 2.88 bits per heavy atom. The lowest BCUT2D eigenvalue weighted by Crippen LogP contribution is -2.34. The Morgan fingerprint density at radius 1 is 1.28 bits per heavy atom. The fraction of sp³-hybridized carbons (Fsp3) is 0.235. The van der Waals surface area contributed by atoms with Crippen LogP contribution in [0.2, 0.25) is 0 Å². The van der Waals surface area contributed by atoms with Crippen LogP contribution < -0.4 is 10.9 Å². The molecule has 25 heavy (non-hydrogen) atoms. The number of hydrogen-bond donors (Lipinski definition) is 1. The molecule has 0 saturated heterocycles. The fourth-order valence-electron chi connectivity index (χ4n) is 2.92. The molecule has 0 fully saturated rings. The maximum atomic E-state index is 12.6. The fourth-order valence-corrected chi connectivity index (χ4v) is 2.92. The van der Waals surface area contributed by atoms with E-state index in [1.165, 1.54) is 6.26 Å². The molecule has 1 N–H and O–H groups in total. The van der Waals surface area contributed by atoms with Crippen LogP contribution in [0.5, 0.6) is 0 Å². The van der Waals surface area contributed by atoms with Crippen LogP contribution in [0.4, 0.5) is 0 Å². The molecular formula is C17H16N4O4. The van der Waals surface area contributed by atoms with Gasteiger partial charge in [-0.3, -0.25) is 14.0 Å². The number of amides is 1. The number of hydrogen-bond acceptors (Lipinski definition) is 5. The van der Waals surface area contributed by atoms with Crippen molar-refractivity contribution in [2.45, 2.75) is 26.9 Å². The van der Waals surface area contributed by atoms with E-state index in [9.17, 15) is 9.59 Å². The van der Waals surface area contributed by atoms with E-state index >= 15 is 0 Å². The van der Waals surface area contributed by atoms with Gasteiger partial charge in [-0.1, -0.05) is 0 Å². The second kappa shape index (κ2) is 5.66. The topological polar surface area (TPSA) is 94.7 Å². The van der Waals surface area contributed by atoms with Gasteiger partial charge in [0.15, 0.2) is 5.58 Å². The highest BCUT2D eigenvalue weighted by atomic mass is 16.3. The molecular weight excluding hydrogens is 324 g/mol. The summed E-state index contributed by atoms with van der Waals surface area (Å²) in [6.45, 7) is 3.73. The smallest absolute Gasteiger partial charge is 0.291 e. The summed E-state index contributed by atoms with van der Waals surface area (Å²) in [6, 6.07) is 7.04. The molecule has 4 rings (SSSR count). The van der Waals surface area contributed by atoms with Crippen LogP contribution in [-0.2, 0) is 17.9 Å². The van der Waals surface area contributed by atoms with Crippen LogP contribution in [0, 0.1) is 13.8 Å².